The average molecular weight is 390 g/mol. The van der Waals surface area contributed by atoms with Gasteiger partial charge in [0.25, 0.3) is 0 Å². The molecule has 0 atom stereocenters. The van der Waals surface area contributed by atoms with Gasteiger partial charge in [-0.05, 0) is 59.2 Å². The maximum atomic E-state index is 12.5. The number of urea groups is 1. The van der Waals surface area contributed by atoms with Gasteiger partial charge in [0.1, 0.15) is 23.5 Å². The number of esters is 1. The number of rotatable bonds is 6. The number of benzene rings is 1. The van der Waals surface area contributed by atoms with E-state index in [-0.39, 0.29) is 37.0 Å². The maximum absolute atomic E-state index is 12.5. The lowest BCUT2D eigenvalue weighted by molar-refractivity contribution is -0.155. The Morgan fingerprint density at radius 3 is 2.14 bits per heavy atom. The third kappa shape index (κ3) is 6.55. The van der Waals surface area contributed by atoms with E-state index >= 15 is 0 Å². The fourth-order valence-corrected chi connectivity index (χ4v) is 2.77. The summed E-state index contributed by atoms with van der Waals surface area (Å²) in [7, 11) is 0. The van der Waals surface area contributed by atoms with Gasteiger partial charge >= 0.3 is 12.0 Å². The van der Waals surface area contributed by atoms with E-state index in [1.54, 1.807) is 20.8 Å². The van der Waals surface area contributed by atoms with Gasteiger partial charge in [0.2, 0.25) is 5.91 Å². The first-order valence-corrected chi connectivity index (χ1v) is 9.43. The highest BCUT2D eigenvalue weighted by molar-refractivity contribution is 6.02. The Hall–Kier alpha value is -2.57. The van der Waals surface area contributed by atoms with Crippen molar-refractivity contribution in [1.29, 1.82) is 0 Å². The van der Waals surface area contributed by atoms with Gasteiger partial charge in [0.05, 0.1) is 6.42 Å². The van der Waals surface area contributed by atoms with Crippen molar-refractivity contribution in [2.24, 2.45) is 0 Å². The Labute approximate surface area is 166 Å². The first-order chi connectivity index (χ1) is 12.8. The Bertz CT molecular complexity index is 729. The largest absolute Gasteiger partial charge is 0.488 e. The molecule has 0 aliphatic carbocycles. The second-order valence-electron chi connectivity index (χ2n) is 8.88. The summed E-state index contributed by atoms with van der Waals surface area (Å²) in [4.78, 5) is 39.1. The summed E-state index contributed by atoms with van der Waals surface area (Å²) < 4.78 is 11.0. The molecule has 1 saturated heterocycles. The highest BCUT2D eigenvalue weighted by Crippen LogP contribution is 2.21. The first kappa shape index (κ1) is 21.7. The molecule has 0 spiro atoms. The van der Waals surface area contributed by atoms with Crippen LogP contribution in [-0.4, -0.2) is 52.0 Å². The molecule has 0 bridgehead atoms. The zero-order valence-corrected chi connectivity index (χ0v) is 17.6. The molecule has 0 N–H and O–H groups in total. The number of imide groups is 1. The van der Waals surface area contributed by atoms with Crippen molar-refractivity contribution in [1.82, 2.24) is 9.80 Å². The molecular weight excluding hydrogens is 360 g/mol. The molecule has 1 aromatic carbocycles. The van der Waals surface area contributed by atoms with Crippen molar-refractivity contribution in [2.75, 3.05) is 13.1 Å². The zero-order valence-electron chi connectivity index (χ0n) is 17.6. The summed E-state index contributed by atoms with van der Waals surface area (Å²) in [5, 5.41) is 0. The summed E-state index contributed by atoms with van der Waals surface area (Å²) in [5.74, 6) is 0.0151. The van der Waals surface area contributed by atoms with Crippen LogP contribution in [0.2, 0.25) is 0 Å². The minimum Gasteiger partial charge on any atom is -0.488 e. The Morgan fingerprint density at radius 1 is 1.00 bits per heavy atom. The zero-order chi connectivity index (χ0) is 21.1. The predicted molar refractivity (Wildman–Crippen MR) is 105 cm³/mol. The molecular formula is C21H30N2O5. The molecule has 0 unspecified atom stereocenters. The molecule has 1 aliphatic heterocycles. The molecule has 0 aromatic heterocycles. The van der Waals surface area contributed by atoms with Crippen molar-refractivity contribution in [3.8, 4) is 5.75 Å². The number of carbonyl (C=O) groups excluding carboxylic acids is 3. The normalized spacial score (nSPS) is 15.2. The van der Waals surface area contributed by atoms with Gasteiger partial charge in [0, 0.05) is 13.1 Å². The van der Waals surface area contributed by atoms with E-state index in [4.69, 9.17) is 9.47 Å². The van der Waals surface area contributed by atoms with Crippen LogP contribution < -0.4 is 4.74 Å². The van der Waals surface area contributed by atoms with Crippen LogP contribution in [0.5, 0.6) is 5.75 Å². The molecule has 1 fully saturated rings. The van der Waals surface area contributed by atoms with Crippen molar-refractivity contribution >= 4 is 17.9 Å². The van der Waals surface area contributed by atoms with Crippen LogP contribution in [0.3, 0.4) is 0 Å². The molecule has 1 heterocycles. The fraction of sp³-hybridized carbons (Fsp3) is 0.571. The van der Waals surface area contributed by atoms with Crippen LogP contribution in [0.1, 0.15) is 53.5 Å². The quantitative estimate of drug-likeness (QED) is 0.550. The standard InChI is InChI=1S/C21H30N2O5/c1-20(2,3)27-16-9-7-15(8-10-16)13-22-14-17(24)23(19(22)26)12-11-18(25)28-21(4,5)6/h7-10H,11-14H2,1-6H3. The number of hydrogen-bond donors (Lipinski definition) is 0. The third-order valence-corrected chi connectivity index (χ3v) is 3.81. The number of hydrogen-bond acceptors (Lipinski definition) is 5. The lowest BCUT2D eigenvalue weighted by Crippen LogP contribution is -2.35. The Morgan fingerprint density at radius 2 is 1.61 bits per heavy atom. The topological polar surface area (TPSA) is 76.2 Å². The number of ether oxygens (including phenoxy) is 2. The first-order valence-electron chi connectivity index (χ1n) is 9.43. The molecule has 3 amide bonds. The van der Waals surface area contributed by atoms with E-state index in [9.17, 15) is 14.4 Å². The summed E-state index contributed by atoms with van der Waals surface area (Å²) >= 11 is 0. The number of amides is 3. The monoisotopic (exact) mass is 390 g/mol. The van der Waals surface area contributed by atoms with Gasteiger partial charge in [0.15, 0.2) is 0 Å². The van der Waals surface area contributed by atoms with Gasteiger partial charge in [-0.1, -0.05) is 12.1 Å². The van der Waals surface area contributed by atoms with Crippen LogP contribution in [0, 0.1) is 0 Å². The van der Waals surface area contributed by atoms with Crippen molar-refractivity contribution in [2.45, 2.75) is 65.7 Å². The minimum absolute atomic E-state index is 0.00734. The van der Waals surface area contributed by atoms with Crippen molar-refractivity contribution < 1.29 is 23.9 Å². The predicted octanol–water partition coefficient (Wildman–Crippen LogP) is 3.36. The molecule has 0 saturated carbocycles. The molecule has 154 valence electrons. The Kier molecular flexibility index (Phi) is 6.37. The second kappa shape index (κ2) is 8.20. The van der Waals surface area contributed by atoms with Gasteiger partial charge in [-0.3, -0.25) is 14.5 Å². The van der Waals surface area contributed by atoms with E-state index in [1.165, 1.54) is 4.90 Å². The summed E-state index contributed by atoms with van der Waals surface area (Å²) in [6, 6.07) is 7.07. The van der Waals surface area contributed by atoms with Crippen LogP contribution in [-0.2, 0) is 20.9 Å². The molecule has 7 nitrogen and oxygen atoms in total. The molecule has 2 rings (SSSR count). The van der Waals surface area contributed by atoms with Crippen molar-refractivity contribution in [3.05, 3.63) is 29.8 Å². The van der Waals surface area contributed by atoms with Gasteiger partial charge in [-0.2, -0.15) is 0 Å². The van der Waals surface area contributed by atoms with E-state index in [0.29, 0.717) is 6.54 Å². The number of nitrogens with zero attached hydrogens (tertiary/aromatic N) is 2. The van der Waals surface area contributed by atoms with Crippen LogP contribution >= 0.6 is 0 Å². The fourth-order valence-electron chi connectivity index (χ4n) is 2.77. The SMILES string of the molecule is CC(C)(C)OC(=O)CCN1C(=O)CN(Cc2ccc(OC(C)(C)C)cc2)C1=O. The molecule has 28 heavy (non-hydrogen) atoms. The van der Waals surface area contributed by atoms with Gasteiger partial charge in [-0.25, -0.2) is 4.79 Å². The van der Waals surface area contributed by atoms with E-state index in [0.717, 1.165) is 16.2 Å². The Balaban J connectivity index is 1.91. The molecule has 1 aliphatic rings. The van der Waals surface area contributed by atoms with Gasteiger partial charge < -0.3 is 14.4 Å². The molecule has 0 radical (unpaired) electrons. The van der Waals surface area contributed by atoms with Crippen LogP contribution in [0.15, 0.2) is 24.3 Å². The van der Waals surface area contributed by atoms with Gasteiger partial charge in [-0.15, -0.1) is 0 Å². The average Bonchev–Trinajstić information content (AvgIpc) is 2.78. The van der Waals surface area contributed by atoms with E-state index in [2.05, 4.69) is 0 Å². The molecule has 7 heteroatoms. The second-order valence-corrected chi connectivity index (χ2v) is 8.88. The summed E-state index contributed by atoms with van der Waals surface area (Å²) in [6.07, 6.45) is -0.0125. The summed E-state index contributed by atoms with van der Waals surface area (Å²) in [5.41, 5.74) is 0.0230. The lowest BCUT2D eigenvalue weighted by atomic mass is 10.1. The summed E-state index contributed by atoms with van der Waals surface area (Å²) in [6.45, 7) is 11.6. The highest BCUT2D eigenvalue weighted by Gasteiger charge is 2.36. The van der Waals surface area contributed by atoms with Crippen LogP contribution in [0.4, 0.5) is 4.79 Å². The van der Waals surface area contributed by atoms with Crippen molar-refractivity contribution in [3.63, 3.8) is 0 Å². The minimum atomic E-state index is -0.592. The van der Waals surface area contributed by atoms with E-state index < -0.39 is 11.6 Å². The smallest absolute Gasteiger partial charge is 0.327 e. The van der Waals surface area contributed by atoms with E-state index in [1.807, 2.05) is 45.0 Å². The molecule has 1 aromatic rings. The van der Waals surface area contributed by atoms with Crippen LogP contribution in [0.25, 0.3) is 0 Å². The lowest BCUT2D eigenvalue weighted by Gasteiger charge is -2.22. The third-order valence-electron chi connectivity index (χ3n) is 3.81. The number of carbonyl (C=O) groups is 3. The maximum Gasteiger partial charge on any atom is 0.327 e. The highest BCUT2D eigenvalue weighted by atomic mass is 16.6.